The minimum atomic E-state index is 0.433. The second-order valence-electron chi connectivity index (χ2n) is 4.54. The molecule has 0 aliphatic heterocycles. The van der Waals surface area contributed by atoms with Gasteiger partial charge in [-0.3, -0.25) is 4.68 Å². The summed E-state index contributed by atoms with van der Waals surface area (Å²) >= 11 is 0. The molecular weight excluding hydrogens is 230 g/mol. The van der Waals surface area contributed by atoms with Gasteiger partial charge in [0, 0.05) is 18.7 Å². The second kappa shape index (κ2) is 5.73. The third kappa shape index (κ3) is 3.37. The highest BCUT2D eigenvalue weighted by Gasteiger charge is 2.08. The molecule has 2 rings (SSSR count). The maximum atomic E-state index is 5.65. The highest BCUT2D eigenvalue weighted by molar-refractivity contribution is 5.18. The van der Waals surface area contributed by atoms with E-state index < -0.39 is 0 Å². The third-order valence-corrected chi connectivity index (χ3v) is 2.58. The number of aromatic nitrogens is 2. The summed E-state index contributed by atoms with van der Waals surface area (Å²) < 4.78 is 12.8. The van der Waals surface area contributed by atoms with Crippen molar-refractivity contribution < 1.29 is 9.15 Å². The van der Waals surface area contributed by atoms with Crippen LogP contribution < -0.4 is 10.1 Å². The maximum absolute atomic E-state index is 5.65. The summed E-state index contributed by atoms with van der Waals surface area (Å²) in [7, 11) is 1.86. The molecule has 1 N–H and O–H groups in total. The van der Waals surface area contributed by atoms with E-state index in [1.807, 2.05) is 19.3 Å². The quantitative estimate of drug-likeness (QED) is 0.851. The van der Waals surface area contributed by atoms with Crippen LogP contribution in [-0.4, -0.2) is 15.8 Å². The van der Waals surface area contributed by atoms with Crippen molar-refractivity contribution in [3.63, 3.8) is 0 Å². The maximum Gasteiger partial charge on any atom is 0.157 e. The van der Waals surface area contributed by atoms with Crippen molar-refractivity contribution >= 4 is 0 Å². The third-order valence-electron chi connectivity index (χ3n) is 2.58. The Balaban J connectivity index is 1.91. The standard InChI is InChI=1S/C13H19N3O2/c1-10(2)14-7-13-11(4-5-17-13)9-18-12-6-15-16(3)8-12/h4-6,8,10,14H,7,9H2,1-3H3. The summed E-state index contributed by atoms with van der Waals surface area (Å²) in [5.74, 6) is 1.69. The van der Waals surface area contributed by atoms with Crippen LogP contribution in [0.3, 0.4) is 0 Å². The first kappa shape index (κ1) is 12.7. The lowest BCUT2D eigenvalue weighted by molar-refractivity contribution is 0.300. The smallest absolute Gasteiger partial charge is 0.157 e. The lowest BCUT2D eigenvalue weighted by Gasteiger charge is -2.08. The van der Waals surface area contributed by atoms with Gasteiger partial charge < -0.3 is 14.5 Å². The Labute approximate surface area is 107 Å². The van der Waals surface area contributed by atoms with Crippen molar-refractivity contribution in [1.29, 1.82) is 0 Å². The van der Waals surface area contributed by atoms with Gasteiger partial charge in [-0.15, -0.1) is 0 Å². The van der Waals surface area contributed by atoms with Crippen LogP contribution in [0.4, 0.5) is 0 Å². The number of rotatable bonds is 6. The minimum absolute atomic E-state index is 0.433. The fraction of sp³-hybridized carbons (Fsp3) is 0.462. The van der Waals surface area contributed by atoms with E-state index in [-0.39, 0.29) is 0 Å². The number of hydrogen-bond acceptors (Lipinski definition) is 4. The summed E-state index contributed by atoms with van der Waals surface area (Å²) in [6, 6.07) is 2.37. The van der Waals surface area contributed by atoms with E-state index in [9.17, 15) is 0 Å². The molecule has 0 unspecified atom stereocenters. The van der Waals surface area contributed by atoms with Crippen molar-refractivity contribution in [2.24, 2.45) is 7.05 Å². The van der Waals surface area contributed by atoms with Gasteiger partial charge in [-0.2, -0.15) is 5.10 Å². The molecule has 0 saturated heterocycles. The lowest BCUT2D eigenvalue weighted by Crippen LogP contribution is -2.22. The van der Waals surface area contributed by atoms with Crippen LogP contribution in [0.1, 0.15) is 25.2 Å². The van der Waals surface area contributed by atoms with Crippen molar-refractivity contribution in [2.45, 2.75) is 33.0 Å². The van der Waals surface area contributed by atoms with Crippen LogP contribution in [0, 0.1) is 0 Å². The predicted octanol–water partition coefficient (Wildman–Crippen LogP) is 2.09. The molecule has 0 atom stereocenters. The van der Waals surface area contributed by atoms with Crippen LogP contribution in [0.5, 0.6) is 5.75 Å². The van der Waals surface area contributed by atoms with Gasteiger partial charge in [0.1, 0.15) is 12.4 Å². The Morgan fingerprint density at radius 2 is 2.33 bits per heavy atom. The van der Waals surface area contributed by atoms with E-state index >= 15 is 0 Å². The molecule has 5 nitrogen and oxygen atoms in total. The molecular formula is C13H19N3O2. The monoisotopic (exact) mass is 249 g/mol. The normalized spacial score (nSPS) is 11.1. The van der Waals surface area contributed by atoms with Gasteiger partial charge in [-0.25, -0.2) is 0 Å². The molecule has 0 aromatic carbocycles. The molecule has 18 heavy (non-hydrogen) atoms. The molecule has 2 aromatic heterocycles. The summed E-state index contributed by atoms with van der Waals surface area (Å²) in [6.07, 6.45) is 5.23. The van der Waals surface area contributed by atoms with Crippen LogP contribution in [-0.2, 0) is 20.2 Å². The Morgan fingerprint density at radius 1 is 1.50 bits per heavy atom. The van der Waals surface area contributed by atoms with Gasteiger partial charge in [-0.1, -0.05) is 13.8 Å². The molecule has 2 aromatic rings. The number of ether oxygens (including phenoxy) is 1. The Morgan fingerprint density at radius 3 is 3.00 bits per heavy atom. The van der Waals surface area contributed by atoms with Crippen molar-refractivity contribution in [2.75, 3.05) is 0 Å². The van der Waals surface area contributed by atoms with Crippen molar-refractivity contribution in [3.8, 4) is 5.75 Å². The molecule has 98 valence electrons. The van der Waals surface area contributed by atoms with E-state index in [1.165, 1.54) is 0 Å². The molecule has 0 radical (unpaired) electrons. The average molecular weight is 249 g/mol. The molecule has 0 aliphatic carbocycles. The topological polar surface area (TPSA) is 52.2 Å². The first-order chi connectivity index (χ1) is 8.65. The van der Waals surface area contributed by atoms with E-state index in [4.69, 9.17) is 9.15 Å². The first-order valence-corrected chi connectivity index (χ1v) is 6.05. The van der Waals surface area contributed by atoms with Crippen LogP contribution in [0.15, 0.2) is 29.1 Å². The van der Waals surface area contributed by atoms with Gasteiger partial charge in [-0.05, 0) is 6.07 Å². The number of nitrogens with zero attached hydrogens (tertiary/aromatic N) is 2. The molecule has 0 bridgehead atoms. The predicted molar refractivity (Wildman–Crippen MR) is 68.2 cm³/mol. The highest BCUT2D eigenvalue weighted by atomic mass is 16.5. The SMILES string of the molecule is CC(C)NCc1occc1COc1cnn(C)c1. The summed E-state index contributed by atoms with van der Waals surface area (Å²) in [6.45, 7) is 5.43. The van der Waals surface area contributed by atoms with Gasteiger partial charge >= 0.3 is 0 Å². The molecule has 0 aliphatic rings. The Bertz CT molecular complexity index is 488. The van der Waals surface area contributed by atoms with Gasteiger partial charge in [0.2, 0.25) is 0 Å². The Kier molecular flexibility index (Phi) is 4.04. The minimum Gasteiger partial charge on any atom is -0.485 e. The zero-order valence-corrected chi connectivity index (χ0v) is 11.0. The molecule has 0 saturated carbocycles. The number of nitrogens with one attached hydrogen (secondary N) is 1. The van der Waals surface area contributed by atoms with Crippen LogP contribution in [0.25, 0.3) is 0 Å². The second-order valence-corrected chi connectivity index (χ2v) is 4.54. The molecule has 5 heteroatoms. The molecule has 0 fully saturated rings. The molecule has 2 heterocycles. The van der Waals surface area contributed by atoms with Crippen molar-refractivity contribution in [3.05, 3.63) is 36.0 Å². The summed E-state index contributed by atoms with van der Waals surface area (Å²) in [5, 5.41) is 7.38. The van der Waals surface area contributed by atoms with Crippen molar-refractivity contribution in [1.82, 2.24) is 15.1 Å². The highest BCUT2D eigenvalue weighted by Crippen LogP contribution is 2.15. The first-order valence-electron chi connectivity index (χ1n) is 6.05. The van der Waals surface area contributed by atoms with Gasteiger partial charge in [0.25, 0.3) is 0 Å². The van der Waals surface area contributed by atoms with Gasteiger partial charge in [0.15, 0.2) is 5.75 Å². The van der Waals surface area contributed by atoms with Gasteiger partial charge in [0.05, 0.1) is 25.2 Å². The fourth-order valence-corrected chi connectivity index (χ4v) is 1.58. The fourth-order valence-electron chi connectivity index (χ4n) is 1.58. The number of furan rings is 1. The largest absolute Gasteiger partial charge is 0.485 e. The zero-order valence-electron chi connectivity index (χ0n) is 11.0. The van der Waals surface area contributed by atoms with E-state index in [1.54, 1.807) is 17.1 Å². The van der Waals surface area contributed by atoms with Crippen LogP contribution in [0.2, 0.25) is 0 Å². The van der Waals surface area contributed by atoms with E-state index in [0.717, 1.165) is 23.6 Å². The summed E-state index contributed by atoms with van der Waals surface area (Å²) in [4.78, 5) is 0. The lowest BCUT2D eigenvalue weighted by atomic mass is 10.2. The van der Waals surface area contributed by atoms with E-state index in [0.29, 0.717) is 12.6 Å². The molecule has 0 spiro atoms. The Hall–Kier alpha value is -1.75. The average Bonchev–Trinajstić information content (AvgIpc) is 2.92. The van der Waals surface area contributed by atoms with Crippen LogP contribution >= 0.6 is 0 Å². The molecule has 0 amide bonds. The van der Waals surface area contributed by atoms with E-state index in [2.05, 4.69) is 24.3 Å². The summed E-state index contributed by atoms with van der Waals surface area (Å²) in [5.41, 5.74) is 1.06. The zero-order chi connectivity index (χ0) is 13.0. The number of aryl methyl sites for hydroxylation is 1. The number of hydrogen-bond donors (Lipinski definition) is 1.